The zero-order valence-electron chi connectivity index (χ0n) is 17.5. The Morgan fingerprint density at radius 1 is 1.19 bits per heavy atom. The van der Waals surface area contributed by atoms with Gasteiger partial charge in [0, 0.05) is 36.8 Å². The molecule has 2 saturated carbocycles. The van der Waals surface area contributed by atoms with Crippen molar-refractivity contribution >= 4 is 11.7 Å². The molecule has 6 atom stereocenters. The quantitative estimate of drug-likeness (QED) is 0.767. The molecule has 3 fully saturated rings. The van der Waals surface area contributed by atoms with E-state index in [0.717, 1.165) is 18.2 Å². The summed E-state index contributed by atoms with van der Waals surface area (Å²) in [5.74, 6) is 1.64. The maximum Gasteiger partial charge on any atom is 0.233 e. The van der Waals surface area contributed by atoms with Crippen molar-refractivity contribution in [2.75, 3.05) is 19.6 Å². The highest BCUT2D eigenvalue weighted by molar-refractivity contribution is 6.08. The van der Waals surface area contributed by atoms with Crippen LogP contribution < -0.4 is 5.32 Å². The first-order chi connectivity index (χ1) is 12.8. The third kappa shape index (κ3) is 2.77. The van der Waals surface area contributed by atoms with Crippen LogP contribution in [0.3, 0.4) is 0 Å². The fraction of sp³-hybridized carbons (Fsp3) is 0.826. The van der Waals surface area contributed by atoms with Crippen LogP contribution in [-0.4, -0.2) is 36.2 Å². The smallest absolute Gasteiger partial charge is 0.233 e. The highest BCUT2D eigenvalue weighted by Crippen LogP contribution is 2.62. The number of nitrogens with one attached hydrogen (secondary N) is 1. The number of amides is 1. The summed E-state index contributed by atoms with van der Waals surface area (Å²) in [6.07, 6.45) is 9.12. The lowest BCUT2D eigenvalue weighted by Gasteiger charge is -2.58. The predicted molar refractivity (Wildman–Crippen MR) is 107 cm³/mol. The average Bonchev–Trinajstić information content (AvgIpc) is 3.04. The number of hydrogen-bond donors (Lipinski definition) is 1. The van der Waals surface area contributed by atoms with E-state index in [1.807, 2.05) is 18.7 Å². The van der Waals surface area contributed by atoms with Crippen LogP contribution in [0, 0.1) is 34.5 Å². The van der Waals surface area contributed by atoms with E-state index in [-0.39, 0.29) is 17.1 Å². The van der Waals surface area contributed by atoms with E-state index < -0.39 is 5.92 Å². The maximum absolute atomic E-state index is 13.0. The molecular formula is C23H36N2O2. The van der Waals surface area contributed by atoms with Gasteiger partial charge in [-0.2, -0.15) is 0 Å². The summed E-state index contributed by atoms with van der Waals surface area (Å²) >= 11 is 0. The van der Waals surface area contributed by atoms with Crippen LogP contribution in [0.4, 0.5) is 0 Å². The normalized spacial score (nSPS) is 43.1. The van der Waals surface area contributed by atoms with Crippen LogP contribution in [0.15, 0.2) is 11.8 Å². The summed E-state index contributed by atoms with van der Waals surface area (Å²) in [4.78, 5) is 27.7. The van der Waals surface area contributed by atoms with E-state index in [1.54, 1.807) is 6.08 Å². The van der Waals surface area contributed by atoms with Crippen LogP contribution in [0.5, 0.6) is 0 Å². The summed E-state index contributed by atoms with van der Waals surface area (Å²) in [5.41, 5.74) is 1.56. The Balaban J connectivity index is 1.64. The van der Waals surface area contributed by atoms with Gasteiger partial charge >= 0.3 is 0 Å². The molecule has 4 rings (SSSR count). The maximum atomic E-state index is 13.0. The third-order valence-electron chi connectivity index (χ3n) is 8.81. The van der Waals surface area contributed by atoms with Gasteiger partial charge in [-0.1, -0.05) is 20.3 Å². The second-order valence-electron chi connectivity index (χ2n) is 9.99. The van der Waals surface area contributed by atoms with Gasteiger partial charge < -0.3 is 10.2 Å². The molecule has 0 spiro atoms. The molecular weight excluding hydrogens is 336 g/mol. The largest absolute Gasteiger partial charge is 0.387 e. The van der Waals surface area contributed by atoms with Gasteiger partial charge in [-0.15, -0.1) is 0 Å². The number of ketones is 1. The molecule has 0 bridgehead atoms. The number of fused-ring (bicyclic) bond motifs is 5. The van der Waals surface area contributed by atoms with E-state index in [2.05, 4.69) is 19.2 Å². The SMILES string of the molecule is CCN(CC)C(=O)C1C[C@@]2(C)C(=CC1=O)NC[C@@H]1[C@H]2CC[C@]2(C)CCC[C@@H]12. The Morgan fingerprint density at radius 2 is 1.93 bits per heavy atom. The Kier molecular flexibility index (Phi) is 4.67. The van der Waals surface area contributed by atoms with Crippen molar-refractivity contribution in [3.8, 4) is 0 Å². The molecule has 150 valence electrons. The van der Waals surface area contributed by atoms with E-state index in [0.29, 0.717) is 36.8 Å². The van der Waals surface area contributed by atoms with Gasteiger partial charge in [0.25, 0.3) is 0 Å². The molecule has 0 aromatic rings. The summed E-state index contributed by atoms with van der Waals surface area (Å²) < 4.78 is 0. The Morgan fingerprint density at radius 3 is 2.63 bits per heavy atom. The molecule has 0 aromatic carbocycles. The predicted octanol–water partition coefficient (Wildman–Crippen LogP) is 3.77. The molecule has 3 aliphatic carbocycles. The molecule has 1 unspecified atom stereocenters. The van der Waals surface area contributed by atoms with Gasteiger partial charge in [0.15, 0.2) is 5.78 Å². The number of piperidine rings is 1. The first-order valence-corrected chi connectivity index (χ1v) is 11.1. The molecule has 4 nitrogen and oxygen atoms in total. The van der Waals surface area contributed by atoms with E-state index >= 15 is 0 Å². The fourth-order valence-electron chi connectivity index (χ4n) is 7.20. The molecule has 1 aliphatic heterocycles. The van der Waals surface area contributed by atoms with Crippen molar-refractivity contribution in [1.82, 2.24) is 10.2 Å². The average molecular weight is 373 g/mol. The Labute approximate surface area is 164 Å². The van der Waals surface area contributed by atoms with Gasteiger partial charge in [0.2, 0.25) is 5.91 Å². The van der Waals surface area contributed by atoms with Crippen molar-refractivity contribution in [3.63, 3.8) is 0 Å². The van der Waals surface area contributed by atoms with Crippen LogP contribution in [0.2, 0.25) is 0 Å². The number of nitrogens with zero attached hydrogens (tertiary/aromatic N) is 1. The van der Waals surface area contributed by atoms with Crippen molar-refractivity contribution in [1.29, 1.82) is 0 Å². The standard InChI is InChI=1S/C23H36N2O2/c1-5-25(6-2)21(27)15-13-23(4)18-9-11-22(3)10-7-8-17(22)16(18)14-24-20(23)12-19(15)26/h12,15-18,24H,5-11,13-14H2,1-4H3/t15?,16-,17-,18+,22-,23+/m0/s1. The fourth-order valence-corrected chi connectivity index (χ4v) is 7.20. The number of allylic oxidation sites excluding steroid dienone is 2. The Hall–Kier alpha value is -1.32. The van der Waals surface area contributed by atoms with Gasteiger partial charge in [-0.05, 0) is 69.1 Å². The van der Waals surface area contributed by atoms with Crippen LogP contribution in [0.1, 0.15) is 66.2 Å². The molecule has 1 saturated heterocycles. The number of rotatable bonds is 3. The van der Waals surface area contributed by atoms with Crippen LogP contribution in [0.25, 0.3) is 0 Å². The van der Waals surface area contributed by atoms with E-state index in [1.165, 1.54) is 32.1 Å². The first kappa shape index (κ1) is 19.0. The second-order valence-corrected chi connectivity index (χ2v) is 9.99. The molecule has 0 aromatic heterocycles. The third-order valence-corrected chi connectivity index (χ3v) is 8.81. The van der Waals surface area contributed by atoms with Gasteiger partial charge in [-0.25, -0.2) is 0 Å². The summed E-state index contributed by atoms with van der Waals surface area (Å²) in [5, 5.41) is 3.65. The highest BCUT2D eigenvalue weighted by Gasteiger charge is 2.58. The zero-order chi connectivity index (χ0) is 19.4. The van der Waals surface area contributed by atoms with Crippen molar-refractivity contribution in [3.05, 3.63) is 11.8 Å². The lowest BCUT2D eigenvalue weighted by molar-refractivity contribution is -0.143. The zero-order valence-corrected chi connectivity index (χ0v) is 17.5. The van der Waals surface area contributed by atoms with Crippen LogP contribution >= 0.6 is 0 Å². The van der Waals surface area contributed by atoms with Gasteiger partial charge in [-0.3, -0.25) is 9.59 Å². The van der Waals surface area contributed by atoms with Crippen molar-refractivity contribution in [2.45, 2.75) is 66.2 Å². The molecule has 4 aliphatic rings. The minimum Gasteiger partial charge on any atom is -0.387 e. The molecule has 0 radical (unpaired) electrons. The molecule has 1 amide bonds. The van der Waals surface area contributed by atoms with Gasteiger partial charge in [0.1, 0.15) is 5.92 Å². The first-order valence-electron chi connectivity index (χ1n) is 11.1. The summed E-state index contributed by atoms with van der Waals surface area (Å²) in [6, 6.07) is 0. The highest BCUT2D eigenvalue weighted by atomic mass is 16.2. The number of carbonyl (C=O) groups is 2. The minimum atomic E-state index is -0.490. The lowest BCUT2D eigenvalue weighted by atomic mass is 9.50. The molecule has 1 N–H and O–H groups in total. The van der Waals surface area contributed by atoms with E-state index in [9.17, 15) is 9.59 Å². The lowest BCUT2D eigenvalue weighted by Crippen LogP contribution is -2.58. The molecule has 4 heteroatoms. The minimum absolute atomic E-state index is 0.00633. The van der Waals surface area contributed by atoms with Gasteiger partial charge in [0.05, 0.1) is 0 Å². The van der Waals surface area contributed by atoms with Crippen molar-refractivity contribution in [2.24, 2.45) is 34.5 Å². The number of carbonyl (C=O) groups excluding carboxylic acids is 2. The summed E-state index contributed by atoms with van der Waals surface area (Å²) in [7, 11) is 0. The molecule has 27 heavy (non-hydrogen) atoms. The van der Waals surface area contributed by atoms with Crippen LogP contribution in [-0.2, 0) is 9.59 Å². The van der Waals surface area contributed by atoms with Crippen molar-refractivity contribution < 1.29 is 9.59 Å². The Bertz CT molecular complexity index is 667. The summed E-state index contributed by atoms with van der Waals surface area (Å²) in [6.45, 7) is 11.2. The molecule has 1 heterocycles. The number of hydrogen-bond acceptors (Lipinski definition) is 3. The van der Waals surface area contributed by atoms with E-state index in [4.69, 9.17) is 0 Å². The monoisotopic (exact) mass is 372 g/mol. The topological polar surface area (TPSA) is 49.4 Å². The second kappa shape index (κ2) is 6.63.